The zero-order valence-corrected chi connectivity index (χ0v) is 11.4. The highest BCUT2D eigenvalue weighted by atomic mass is 19.1. The lowest BCUT2D eigenvalue weighted by Crippen LogP contribution is -2.34. The van der Waals surface area contributed by atoms with Crippen LogP contribution in [0.15, 0.2) is 18.2 Å². The standard InChI is InChI=1S/C15H22FNO2/c1-19-15-8-7-11(9-13(15)16)14(18)10-17-12-5-3-2-4-6-12/h7-9,12,14,17-18H,2-6,10H2,1H3. The third-order valence-corrected chi connectivity index (χ3v) is 3.77. The highest BCUT2D eigenvalue weighted by Crippen LogP contribution is 2.22. The molecular formula is C15H22FNO2. The topological polar surface area (TPSA) is 41.5 Å². The van der Waals surface area contributed by atoms with Crippen LogP contribution in [0.25, 0.3) is 0 Å². The Balaban J connectivity index is 1.88. The summed E-state index contributed by atoms with van der Waals surface area (Å²) in [6.07, 6.45) is 5.48. The van der Waals surface area contributed by atoms with E-state index in [0.717, 1.165) is 0 Å². The van der Waals surface area contributed by atoms with Crippen LogP contribution in [0.3, 0.4) is 0 Å². The Morgan fingerprint density at radius 3 is 2.74 bits per heavy atom. The molecule has 19 heavy (non-hydrogen) atoms. The molecule has 3 nitrogen and oxygen atoms in total. The molecule has 0 spiro atoms. The van der Waals surface area contributed by atoms with Crippen molar-refractivity contribution in [3.05, 3.63) is 29.6 Å². The predicted octanol–water partition coefficient (Wildman–Crippen LogP) is 2.79. The van der Waals surface area contributed by atoms with E-state index in [9.17, 15) is 9.50 Å². The van der Waals surface area contributed by atoms with Gasteiger partial charge in [-0.1, -0.05) is 25.3 Å². The summed E-state index contributed by atoms with van der Waals surface area (Å²) in [4.78, 5) is 0. The van der Waals surface area contributed by atoms with Crippen molar-refractivity contribution in [1.82, 2.24) is 5.32 Å². The fraction of sp³-hybridized carbons (Fsp3) is 0.600. The van der Waals surface area contributed by atoms with E-state index in [1.807, 2.05) is 0 Å². The molecule has 1 unspecified atom stereocenters. The Bertz CT molecular complexity index is 405. The monoisotopic (exact) mass is 267 g/mol. The second-order valence-electron chi connectivity index (χ2n) is 5.15. The van der Waals surface area contributed by atoms with Gasteiger partial charge in [0.05, 0.1) is 13.2 Å². The molecule has 1 fully saturated rings. The summed E-state index contributed by atoms with van der Waals surface area (Å²) < 4.78 is 18.4. The molecule has 0 bridgehead atoms. The van der Waals surface area contributed by atoms with Crippen molar-refractivity contribution in [2.75, 3.05) is 13.7 Å². The van der Waals surface area contributed by atoms with Crippen molar-refractivity contribution >= 4 is 0 Å². The number of methoxy groups -OCH3 is 1. The molecule has 1 atom stereocenters. The first-order valence-electron chi connectivity index (χ1n) is 6.95. The van der Waals surface area contributed by atoms with E-state index in [-0.39, 0.29) is 5.75 Å². The lowest BCUT2D eigenvalue weighted by atomic mass is 9.95. The van der Waals surface area contributed by atoms with E-state index < -0.39 is 11.9 Å². The lowest BCUT2D eigenvalue weighted by molar-refractivity contribution is 0.165. The maximum absolute atomic E-state index is 13.5. The number of aliphatic hydroxyl groups is 1. The van der Waals surface area contributed by atoms with Gasteiger partial charge in [0.15, 0.2) is 11.6 Å². The highest BCUT2D eigenvalue weighted by molar-refractivity contribution is 5.30. The fourth-order valence-corrected chi connectivity index (χ4v) is 2.59. The minimum absolute atomic E-state index is 0.205. The average molecular weight is 267 g/mol. The van der Waals surface area contributed by atoms with Gasteiger partial charge in [-0.25, -0.2) is 4.39 Å². The minimum atomic E-state index is -0.678. The number of nitrogens with one attached hydrogen (secondary N) is 1. The molecule has 0 amide bonds. The lowest BCUT2D eigenvalue weighted by Gasteiger charge is -2.24. The maximum atomic E-state index is 13.5. The van der Waals surface area contributed by atoms with E-state index in [0.29, 0.717) is 18.2 Å². The van der Waals surface area contributed by atoms with Gasteiger partial charge in [-0.15, -0.1) is 0 Å². The molecule has 0 saturated heterocycles. The minimum Gasteiger partial charge on any atom is -0.494 e. The summed E-state index contributed by atoms with van der Waals surface area (Å²) in [5.41, 5.74) is 0.585. The van der Waals surface area contributed by atoms with Gasteiger partial charge in [0.1, 0.15) is 0 Å². The summed E-state index contributed by atoms with van der Waals surface area (Å²) in [7, 11) is 1.43. The van der Waals surface area contributed by atoms with Gasteiger partial charge in [0.25, 0.3) is 0 Å². The van der Waals surface area contributed by atoms with Crippen LogP contribution in [0.1, 0.15) is 43.8 Å². The van der Waals surface area contributed by atoms with Gasteiger partial charge in [-0.3, -0.25) is 0 Å². The van der Waals surface area contributed by atoms with Crippen LogP contribution in [0, 0.1) is 5.82 Å². The largest absolute Gasteiger partial charge is 0.494 e. The zero-order valence-electron chi connectivity index (χ0n) is 11.4. The van der Waals surface area contributed by atoms with Crippen molar-refractivity contribution in [2.24, 2.45) is 0 Å². The van der Waals surface area contributed by atoms with Crippen LogP contribution in [-0.4, -0.2) is 24.8 Å². The Kier molecular flexibility index (Phi) is 5.16. The molecule has 1 aromatic rings. The summed E-state index contributed by atoms with van der Waals surface area (Å²) in [5.74, 6) is -0.229. The Labute approximate surface area is 113 Å². The van der Waals surface area contributed by atoms with Crippen molar-refractivity contribution in [1.29, 1.82) is 0 Å². The van der Waals surface area contributed by atoms with Crippen molar-refractivity contribution in [3.8, 4) is 5.75 Å². The fourth-order valence-electron chi connectivity index (χ4n) is 2.59. The van der Waals surface area contributed by atoms with E-state index in [4.69, 9.17) is 4.74 Å². The summed E-state index contributed by atoms with van der Waals surface area (Å²) >= 11 is 0. The zero-order chi connectivity index (χ0) is 13.7. The van der Waals surface area contributed by atoms with Crippen LogP contribution in [-0.2, 0) is 0 Å². The molecule has 0 heterocycles. The molecule has 0 aliphatic heterocycles. The quantitative estimate of drug-likeness (QED) is 0.862. The molecule has 1 saturated carbocycles. The van der Waals surface area contributed by atoms with Gasteiger partial charge in [0.2, 0.25) is 0 Å². The SMILES string of the molecule is COc1ccc(C(O)CNC2CCCCC2)cc1F. The average Bonchev–Trinajstić information content (AvgIpc) is 2.45. The second-order valence-corrected chi connectivity index (χ2v) is 5.15. The molecule has 1 aliphatic rings. The molecule has 1 aliphatic carbocycles. The van der Waals surface area contributed by atoms with Crippen LogP contribution in [0.4, 0.5) is 4.39 Å². The highest BCUT2D eigenvalue weighted by Gasteiger charge is 2.16. The van der Waals surface area contributed by atoms with Gasteiger partial charge in [-0.2, -0.15) is 0 Å². The second kappa shape index (κ2) is 6.87. The summed E-state index contributed by atoms with van der Waals surface area (Å²) in [6.45, 7) is 0.469. The van der Waals surface area contributed by atoms with E-state index in [1.54, 1.807) is 12.1 Å². The first-order valence-corrected chi connectivity index (χ1v) is 6.95. The van der Waals surface area contributed by atoms with Gasteiger partial charge in [-0.05, 0) is 30.5 Å². The molecule has 0 aromatic heterocycles. The van der Waals surface area contributed by atoms with Crippen molar-refractivity contribution in [3.63, 3.8) is 0 Å². The molecule has 0 radical (unpaired) electrons. The normalized spacial score (nSPS) is 18.3. The Morgan fingerprint density at radius 2 is 2.11 bits per heavy atom. The van der Waals surface area contributed by atoms with E-state index in [2.05, 4.69) is 5.32 Å². The predicted molar refractivity (Wildman–Crippen MR) is 72.8 cm³/mol. The number of halogens is 1. The van der Waals surface area contributed by atoms with Crippen LogP contribution in [0.5, 0.6) is 5.75 Å². The van der Waals surface area contributed by atoms with E-state index >= 15 is 0 Å². The summed E-state index contributed by atoms with van der Waals surface area (Å²) in [5, 5.41) is 13.4. The first-order chi connectivity index (χ1) is 9.20. The van der Waals surface area contributed by atoms with Gasteiger partial charge >= 0.3 is 0 Å². The molecule has 106 valence electrons. The van der Waals surface area contributed by atoms with Crippen molar-refractivity contribution in [2.45, 2.75) is 44.2 Å². The third kappa shape index (κ3) is 3.91. The van der Waals surface area contributed by atoms with Crippen molar-refractivity contribution < 1.29 is 14.2 Å². The Morgan fingerprint density at radius 1 is 1.37 bits per heavy atom. The molecule has 2 rings (SSSR count). The number of benzene rings is 1. The maximum Gasteiger partial charge on any atom is 0.165 e. The van der Waals surface area contributed by atoms with E-state index in [1.165, 1.54) is 45.3 Å². The van der Waals surface area contributed by atoms with Crippen LogP contribution < -0.4 is 10.1 Å². The molecule has 4 heteroatoms. The third-order valence-electron chi connectivity index (χ3n) is 3.77. The molecule has 2 N–H and O–H groups in total. The number of ether oxygens (including phenoxy) is 1. The Hall–Kier alpha value is -1.13. The first kappa shape index (κ1) is 14.3. The van der Waals surface area contributed by atoms with Crippen LogP contribution >= 0.6 is 0 Å². The number of hydrogen-bond acceptors (Lipinski definition) is 3. The number of rotatable bonds is 5. The molecular weight excluding hydrogens is 245 g/mol. The van der Waals surface area contributed by atoms with Crippen LogP contribution in [0.2, 0.25) is 0 Å². The number of hydrogen-bond donors (Lipinski definition) is 2. The number of aliphatic hydroxyl groups excluding tert-OH is 1. The summed E-state index contributed by atoms with van der Waals surface area (Å²) in [6, 6.07) is 5.09. The van der Waals surface area contributed by atoms with Gasteiger partial charge < -0.3 is 15.2 Å². The smallest absolute Gasteiger partial charge is 0.165 e. The van der Waals surface area contributed by atoms with Gasteiger partial charge in [0, 0.05) is 12.6 Å². The molecule has 1 aromatic carbocycles.